The number of ketones is 1. The number of Topliss-reactive ketones (excluding diaryl/α,β-unsaturated/α-hetero) is 1. The molecule has 0 radical (unpaired) electrons. The summed E-state index contributed by atoms with van der Waals surface area (Å²) in [5.74, 6) is -2.51. The highest BCUT2D eigenvalue weighted by Crippen LogP contribution is 2.31. The van der Waals surface area contributed by atoms with Gasteiger partial charge >= 0.3 is 6.16 Å². The van der Waals surface area contributed by atoms with Gasteiger partial charge in [-0.25, -0.2) is 4.79 Å². The third-order valence-electron chi connectivity index (χ3n) is 9.09. The van der Waals surface area contributed by atoms with Crippen molar-refractivity contribution in [2.24, 2.45) is 17.4 Å². The number of amides is 4. The molecule has 16 heteroatoms. The van der Waals surface area contributed by atoms with Gasteiger partial charge in [0, 0.05) is 42.9 Å². The van der Waals surface area contributed by atoms with E-state index < -0.39 is 34.3 Å². The van der Waals surface area contributed by atoms with Gasteiger partial charge in [0.25, 0.3) is 23.4 Å². The fourth-order valence-electron chi connectivity index (χ4n) is 6.16. The molecule has 0 unspecified atom stereocenters. The summed E-state index contributed by atoms with van der Waals surface area (Å²) in [4.78, 5) is 87.9. The van der Waals surface area contributed by atoms with Crippen LogP contribution in [0, 0.1) is 16.0 Å². The van der Waals surface area contributed by atoms with Crippen LogP contribution in [0.2, 0.25) is 0 Å². The van der Waals surface area contributed by atoms with Gasteiger partial charge in [0.1, 0.15) is 12.4 Å². The van der Waals surface area contributed by atoms with Crippen LogP contribution in [0.15, 0.2) is 60.7 Å². The van der Waals surface area contributed by atoms with Gasteiger partial charge in [-0.2, -0.15) is 0 Å². The van der Waals surface area contributed by atoms with E-state index in [1.54, 1.807) is 24.3 Å². The largest absolute Gasteiger partial charge is 0.514 e. The maximum absolute atomic E-state index is 14.2. The molecule has 6 N–H and O–H groups in total. The first-order valence-electron chi connectivity index (χ1n) is 17.3. The minimum atomic E-state index is -1.99. The number of nitrogens with one attached hydrogen (secondary N) is 2. The molecule has 1 aliphatic heterocycles. The molecule has 278 valence electrons. The first-order valence-corrected chi connectivity index (χ1v) is 17.3. The fourth-order valence-corrected chi connectivity index (χ4v) is 6.16. The number of hydrogen-bond acceptors (Lipinski definition) is 12. The summed E-state index contributed by atoms with van der Waals surface area (Å²) in [5, 5.41) is 16.4. The first kappa shape index (κ1) is 39.3. The molecule has 0 aromatic heterocycles. The maximum atomic E-state index is 14.2. The van der Waals surface area contributed by atoms with Crippen molar-refractivity contribution in [2.75, 3.05) is 18.4 Å². The van der Waals surface area contributed by atoms with E-state index in [1.165, 1.54) is 36.4 Å². The number of anilines is 1. The smallest absolute Gasteiger partial charge is 0.429 e. The Morgan fingerprint density at radius 2 is 1.60 bits per heavy atom. The third-order valence-corrected chi connectivity index (χ3v) is 9.09. The lowest BCUT2D eigenvalue weighted by molar-refractivity contribution is -0.384. The number of nitro benzene ring substituents is 1. The van der Waals surface area contributed by atoms with Gasteiger partial charge < -0.3 is 31.6 Å². The number of carbonyl (C=O) groups is 6. The average molecular weight is 721 g/mol. The van der Waals surface area contributed by atoms with Gasteiger partial charge in [-0.05, 0) is 80.8 Å². The molecule has 0 bridgehead atoms. The van der Waals surface area contributed by atoms with E-state index in [0.29, 0.717) is 43.4 Å². The Hall–Kier alpha value is -5.48. The number of non-ortho nitro benzene ring substituents is 1. The Bertz CT molecular complexity index is 1640. The molecular formula is C36H44N6O10. The van der Waals surface area contributed by atoms with Crippen molar-refractivity contribution in [1.29, 1.82) is 0 Å². The number of rotatable bonds is 19. The molecule has 0 spiro atoms. The monoisotopic (exact) mass is 720 g/mol. The Morgan fingerprint density at radius 1 is 0.942 bits per heavy atom. The van der Waals surface area contributed by atoms with Crippen molar-refractivity contribution in [3.8, 4) is 5.75 Å². The van der Waals surface area contributed by atoms with Crippen LogP contribution >= 0.6 is 0 Å². The van der Waals surface area contributed by atoms with Gasteiger partial charge in [-0.1, -0.05) is 31.4 Å². The molecule has 1 heterocycles. The van der Waals surface area contributed by atoms with Gasteiger partial charge in [0.2, 0.25) is 5.91 Å². The summed E-state index contributed by atoms with van der Waals surface area (Å²) >= 11 is 0. The van der Waals surface area contributed by atoms with Gasteiger partial charge in [0.05, 0.1) is 11.0 Å². The first-order chi connectivity index (χ1) is 24.9. The number of nitrogens with two attached hydrogens (primary N) is 2. The second-order valence-corrected chi connectivity index (χ2v) is 12.8. The molecule has 0 saturated heterocycles. The summed E-state index contributed by atoms with van der Waals surface area (Å²) in [6.07, 6.45) is 6.54. The zero-order valence-corrected chi connectivity index (χ0v) is 28.8. The van der Waals surface area contributed by atoms with Crippen molar-refractivity contribution < 1.29 is 43.2 Å². The van der Waals surface area contributed by atoms with Crippen molar-refractivity contribution in [3.05, 3.63) is 76.4 Å². The Balaban J connectivity index is 1.33. The van der Waals surface area contributed by atoms with Crippen LogP contribution in [0.25, 0.3) is 0 Å². The maximum Gasteiger partial charge on any atom is 0.514 e. The fraction of sp³-hybridized carbons (Fsp3) is 0.444. The minimum absolute atomic E-state index is 0.0428. The van der Waals surface area contributed by atoms with E-state index in [9.17, 15) is 38.9 Å². The lowest BCUT2D eigenvalue weighted by atomic mass is 9.80. The number of carbonyl (C=O) groups excluding carboxylic acids is 6. The molecular weight excluding hydrogens is 676 g/mol. The number of hydrogen-bond donors (Lipinski definition) is 4. The van der Waals surface area contributed by atoms with Crippen LogP contribution < -0.4 is 26.8 Å². The van der Waals surface area contributed by atoms with E-state index in [2.05, 4.69) is 10.6 Å². The molecule has 2 aromatic rings. The average Bonchev–Trinajstić information content (AvgIpc) is 3.78. The Kier molecular flexibility index (Phi) is 14.1. The highest BCUT2D eigenvalue weighted by molar-refractivity contribution is 6.17. The Labute approximate surface area is 300 Å². The third kappa shape index (κ3) is 10.8. The molecule has 4 amide bonds. The highest BCUT2D eigenvalue weighted by Gasteiger charge is 2.47. The van der Waals surface area contributed by atoms with Gasteiger partial charge in [-0.3, -0.25) is 39.0 Å². The minimum Gasteiger partial charge on any atom is -0.429 e. The van der Waals surface area contributed by atoms with Gasteiger partial charge in [-0.15, -0.1) is 0 Å². The SMILES string of the molecule is NCCC[C@](N)(C(=O)Nc1ccc(COC(=O)Oc2ccc([N+](=O)[O-])cc2)cc1)C(=O)[C@@H](NC(=O)CCCCCN1C(=O)C=CC1=O)C1CCCC1. The number of nitrogens with zero attached hydrogens (tertiary/aromatic N) is 2. The van der Waals surface area contributed by atoms with Crippen LogP contribution in [0.3, 0.4) is 0 Å². The van der Waals surface area contributed by atoms with Crippen molar-refractivity contribution in [3.63, 3.8) is 0 Å². The van der Waals surface area contributed by atoms with E-state index >= 15 is 0 Å². The molecule has 2 aromatic carbocycles. The molecule has 1 aliphatic carbocycles. The van der Waals surface area contributed by atoms with Crippen LogP contribution in [-0.4, -0.2) is 70.1 Å². The van der Waals surface area contributed by atoms with Gasteiger partial charge in [0.15, 0.2) is 11.3 Å². The molecule has 1 fully saturated rings. The summed E-state index contributed by atoms with van der Waals surface area (Å²) in [6.45, 7) is 0.276. The molecule has 16 nitrogen and oxygen atoms in total. The van der Waals surface area contributed by atoms with E-state index in [1.807, 2.05) is 0 Å². The lowest BCUT2D eigenvalue weighted by Gasteiger charge is -2.33. The zero-order chi connectivity index (χ0) is 37.7. The molecule has 2 atom stereocenters. The summed E-state index contributed by atoms with van der Waals surface area (Å²) in [7, 11) is 0. The van der Waals surface area contributed by atoms with Crippen LogP contribution in [0.4, 0.5) is 16.2 Å². The molecule has 2 aliphatic rings. The predicted octanol–water partition coefficient (Wildman–Crippen LogP) is 3.41. The predicted molar refractivity (Wildman–Crippen MR) is 187 cm³/mol. The van der Waals surface area contributed by atoms with E-state index in [0.717, 1.165) is 17.7 Å². The number of unbranched alkanes of at least 4 members (excludes halogenated alkanes) is 2. The second kappa shape index (κ2) is 18.7. The van der Waals surface area contributed by atoms with Crippen molar-refractivity contribution >= 4 is 46.9 Å². The van der Waals surface area contributed by atoms with Crippen molar-refractivity contribution in [2.45, 2.75) is 82.4 Å². The summed E-state index contributed by atoms with van der Waals surface area (Å²) in [6, 6.07) is 10.2. The van der Waals surface area contributed by atoms with Crippen LogP contribution in [0.1, 0.15) is 69.8 Å². The quantitative estimate of drug-likeness (QED) is 0.0310. The standard InChI is InChI=1S/C36H44N6O10/c37-21-6-20-36(38,33(46)32(25-7-3-4-8-25)40-29(43)9-2-1-5-22-41-30(44)18-19-31(41)45)34(47)39-26-12-10-24(11-13-26)23-51-35(48)52-28-16-14-27(15-17-28)42(49)50/h10-19,25,32H,1-9,20-23,37-38H2,(H,39,47)(H,40,43)/t32-,36+/m0/s1. The topological polar surface area (TPSA) is 243 Å². The van der Waals surface area contributed by atoms with Crippen molar-refractivity contribution in [1.82, 2.24) is 10.2 Å². The molecule has 4 rings (SSSR count). The van der Waals surface area contributed by atoms with Crippen LogP contribution in [0.5, 0.6) is 5.75 Å². The highest BCUT2D eigenvalue weighted by atomic mass is 16.7. The molecule has 52 heavy (non-hydrogen) atoms. The summed E-state index contributed by atoms with van der Waals surface area (Å²) in [5.41, 5.74) is 11.1. The second-order valence-electron chi connectivity index (χ2n) is 12.8. The lowest BCUT2D eigenvalue weighted by Crippen LogP contribution is -2.64. The normalized spacial score (nSPS) is 15.9. The zero-order valence-electron chi connectivity index (χ0n) is 28.8. The number of benzene rings is 2. The van der Waals surface area contributed by atoms with E-state index in [-0.39, 0.29) is 74.0 Å². The number of imide groups is 1. The Morgan fingerprint density at radius 3 is 2.21 bits per heavy atom. The van der Waals surface area contributed by atoms with Crippen LogP contribution in [-0.2, 0) is 35.3 Å². The molecule has 1 saturated carbocycles. The number of ether oxygens (including phenoxy) is 2. The van der Waals surface area contributed by atoms with E-state index in [4.69, 9.17) is 20.9 Å². The number of nitro groups is 1. The summed E-state index contributed by atoms with van der Waals surface area (Å²) < 4.78 is 10.1.